The summed E-state index contributed by atoms with van der Waals surface area (Å²) in [6.07, 6.45) is -4.75. The van der Waals surface area contributed by atoms with E-state index in [1.54, 1.807) is 13.8 Å². The van der Waals surface area contributed by atoms with Crippen LogP contribution in [-0.2, 0) is 23.1 Å². The summed E-state index contributed by atoms with van der Waals surface area (Å²) in [4.78, 5) is 16.0. The van der Waals surface area contributed by atoms with E-state index in [2.05, 4.69) is 4.98 Å². The van der Waals surface area contributed by atoms with E-state index in [1.165, 1.54) is 10.9 Å². The zero-order chi connectivity index (χ0) is 25.2. The van der Waals surface area contributed by atoms with Gasteiger partial charge in [0.2, 0.25) is 5.88 Å². The van der Waals surface area contributed by atoms with Crippen LogP contribution in [0.2, 0.25) is 18.1 Å². The molecule has 0 unspecified atom stereocenters. The summed E-state index contributed by atoms with van der Waals surface area (Å²) >= 11 is 0. The fourth-order valence-corrected chi connectivity index (χ4v) is 5.19. The first kappa shape index (κ1) is 27.9. The number of imidazole rings is 1. The monoisotopic (exact) mass is 509 g/mol. The fourth-order valence-electron chi connectivity index (χ4n) is 2.86. The maximum Gasteiger partial charge on any atom is 0.356 e. The molecule has 1 fully saturated rings. The van der Waals surface area contributed by atoms with Crippen molar-refractivity contribution in [2.75, 3.05) is 19.6 Å². The van der Waals surface area contributed by atoms with Crippen molar-refractivity contribution < 1.29 is 42.5 Å². The molecule has 4 N–H and O–H groups in total. The van der Waals surface area contributed by atoms with Crippen LogP contribution >= 0.6 is 7.60 Å². The summed E-state index contributed by atoms with van der Waals surface area (Å²) in [5, 5.41) is 20.9. The number of carbonyl (C=O) groups excluding carboxylic acids is 1. The van der Waals surface area contributed by atoms with E-state index in [9.17, 15) is 19.6 Å². The van der Waals surface area contributed by atoms with E-state index >= 15 is 0 Å². The van der Waals surface area contributed by atoms with Gasteiger partial charge in [-0.3, -0.25) is 13.9 Å². The van der Waals surface area contributed by atoms with Crippen molar-refractivity contribution in [3.63, 3.8) is 0 Å². The first-order valence-electron chi connectivity index (χ1n) is 10.7. The Morgan fingerprint density at radius 2 is 1.82 bits per heavy atom. The number of carbonyl (C=O) groups is 1. The van der Waals surface area contributed by atoms with Gasteiger partial charge in [-0.25, -0.2) is 4.98 Å². The van der Waals surface area contributed by atoms with Gasteiger partial charge in [0.25, 0.3) is 14.2 Å². The molecule has 0 bridgehead atoms. The van der Waals surface area contributed by atoms with Crippen LogP contribution in [0.1, 0.15) is 51.3 Å². The van der Waals surface area contributed by atoms with Crippen molar-refractivity contribution in [1.82, 2.24) is 9.55 Å². The summed E-state index contributed by atoms with van der Waals surface area (Å²) in [6, 6.07) is 0. The number of nitrogens with two attached hydrogens (primary N) is 1. The number of aliphatic hydroxyl groups is 2. The topological polar surface area (TPSA) is 165 Å². The Morgan fingerprint density at radius 1 is 1.24 bits per heavy atom. The highest BCUT2D eigenvalue weighted by atomic mass is 31.2. The number of nitrogens with zero attached hydrogens (tertiary/aromatic N) is 2. The van der Waals surface area contributed by atoms with Gasteiger partial charge in [-0.15, -0.1) is 0 Å². The second kappa shape index (κ2) is 10.5. The molecule has 1 amide bonds. The van der Waals surface area contributed by atoms with Gasteiger partial charge in [0.05, 0.1) is 13.2 Å². The minimum Gasteiger partial charge on any atom is -0.530 e. The third-order valence-corrected chi connectivity index (χ3v) is 11.7. The first-order valence-corrected chi connectivity index (χ1v) is 15.4. The molecule has 0 aliphatic carbocycles. The third kappa shape index (κ3) is 6.23. The van der Waals surface area contributed by atoms with E-state index in [4.69, 9.17) is 28.7 Å². The number of rotatable bonds is 11. The van der Waals surface area contributed by atoms with E-state index in [0.717, 1.165) is 0 Å². The van der Waals surface area contributed by atoms with Crippen LogP contribution in [0.5, 0.6) is 5.88 Å². The summed E-state index contributed by atoms with van der Waals surface area (Å²) in [7, 11) is -6.02. The lowest BCUT2D eigenvalue weighted by Crippen LogP contribution is -2.45. The molecule has 190 valence electrons. The van der Waals surface area contributed by atoms with Crippen LogP contribution in [-0.4, -0.2) is 72.0 Å². The molecule has 0 radical (unpaired) electrons. The number of primary amides is 1. The number of ether oxygens (including phenoxy) is 2. The average molecular weight is 510 g/mol. The predicted octanol–water partition coefficient (Wildman–Crippen LogP) is 2.18. The first-order chi connectivity index (χ1) is 15.2. The van der Waals surface area contributed by atoms with Crippen molar-refractivity contribution in [1.29, 1.82) is 0 Å². The number of hydrogen-bond donors (Lipinski definition) is 3. The van der Waals surface area contributed by atoms with Gasteiger partial charge in [-0.05, 0) is 32.0 Å². The maximum atomic E-state index is 12.6. The molecule has 0 saturated carbocycles. The Balaban J connectivity index is 2.30. The molecule has 1 aromatic rings. The van der Waals surface area contributed by atoms with E-state index in [0.29, 0.717) is 0 Å². The maximum absolute atomic E-state index is 12.6. The fraction of sp³-hybridized carbons (Fsp3) is 0.789. The lowest BCUT2D eigenvalue weighted by atomic mass is 10.2. The van der Waals surface area contributed by atoms with Gasteiger partial charge < -0.3 is 38.9 Å². The number of amides is 1. The molecule has 0 aromatic carbocycles. The SMILES string of the molecule is CCOP(=O)(CO[C@H]1O[C@@H](n2cnc(C(N)=O)c2O[Si](C)(C)C(C)(C)C)[C@H](O)[C@@H]1O)OCC. The molecule has 2 heterocycles. The predicted molar refractivity (Wildman–Crippen MR) is 121 cm³/mol. The number of aromatic nitrogens is 2. The van der Waals surface area contributed by atoms with Crippen LogP contribution in [0.25, 0.3) is 0 Å². The largest absolute Gasteiger partial charge is 0.530 e. The lowest BCUT2D eigenvalue weighted by molar-refractivity contribution is -0.169. The summed E-state index contributed by atoms with van der Waals surface area (Å²) in [5.41, 5.74) is 5.36. The smallest absolute Gasteiger partial charge is 0.356 e. The normalized spacial score (nSPS) is 24.3. The van der Waals surface area contributed by atoms with E-state index < -0.39 is 52.9 Å². The Labute approximate surface area is 195 Å². The molecule has 4 atom stereocenters. The molecule has 1 aromatic heterocycles. The van der Waals surface area contributed by atoms with Crippen molar-refractivity contribution in [3.05, 3.63) is 12.0 Å². The molecule has 1 saturated heterocycles. The Bertz CT molecular complexity index is 863. The van der Waals surface area contributed by atoms with Crippen molar-refractivity contribution in [3.8, 4) is 5.88 Å². The van der Waals surface area contributed by atoms with Gasteiger partial charge in [-0.1, -0.05) is 20.8 Å². The molecule has 1 aliphatic rings. The van der Waals surface area contributed by atoms with Crippen LogP contribution in [0.15, 0.2) is 6.33 Å². The van der Waals surface area contributed by atoms with Gasteiger partial charge in [0.15, 0.2) is 24.6 Å². The van der Waals surface area contributed by atoms with Crippen molar-refractivity contribution >= 4 is 21.8 Å². The highest BCUT2D eigenvalue weighted by Gasteiger charge is 2.48. The summed E-state index contributed by atoms with van der Waals surface area (Å²) in [6.45, 7) is 13.6. The van der Waals surface area contributed by atoms with Crippen molar-refractivity contribution in [2.24, 2.45) is 5.73 Å². The molecule has 1 aliphatic heterocycles. The summed E-state index contributed by atoms with van der Waals surface area (Å²) in [5.74, 6) is -0.766. The minimum absolute atomic E-state index is 0.0419. The molecule has 12 nitrogen and oxygen atoms in total. The van der Waals surface area contributed by atoms with E-state index in [-0.39, 0.29) is 29.8 Å². The molecular formula is C19H36N3O9PSi. The van der Waals surface area contributed by atoms with Crippen LogP contribution in [0, 0.1) is 0 Å². The molecule has 33 heavy (non-hydrogen) atoms. The highest BCUT2D eigenvalue weighted by Crippen LogP contribution is 2.49. The second-order valence-electron chi connectivity index (χ2n) is 9.15. The third-order valence-electron chi connectivity index (χ3n) is 5.66. The number of hydrogen-bond acceptors (Lipinski definition) is 10. The standard InChI is InChI=1S/C19H36N3O9PSi/c1-8-28-32(26,29-9-2)11-27-18-14(24)13(23)17(30-18)22-10-21-12(15(20)25)16(22)31-33(6,7)19(3,4)5/h10,13-14,17-18,23-24H,8-9,11H2,1-7H3,(H2,20,25)/t13-,14+,17-,18+/m1/s1. The Morgan fingerprint density at radius 3 is 2.30 bits per heavy atom. The zero-order valence-electron chi connectivity index (χ0n) is 20.2. The Kier molecular flexibility index (Phi) is 8.91. The van der Waals surface area contributed by atoms with Crippen molar-refractivity contribution in [2.45, 2.75) is 77.5 Å². The Hall–Kier alpha value is -1.31. The second-order valence-corrected chi connectivity index (χ2v) is 15.9. The summed E-state index contributed by atoms with van der Waals surface area (Å²) < 4.78 is 41.7. The average Bonchev–Trinajstić information content (AvgIpc) is 3.21. The minimum atomic E-state index is -3.57. The zero-order valence-corrected chi connectivity index (χ0v) is 22.1. The van der Waals surface area contributed by atoms with Gasteiger partial charge in [0, 0.05) is 0 Å². The molecule has 2 rings (SSSR count). The molecular weight excluding hydrogens is 473 g/mol. The van der Waals surface area contributed by atoms with E-state index in [1.807, 2.05) is 33.9 Å². The number of aliphatic hydroxyl groups excluding tert-OH is 2. The van der Waals surface area contributed by atoms with Gasteiger partial charge in [-0.2, -0.15) is 0 Å². The van der Waals surface area contributed by atoms with Gasteiger partial charge >= 0.3 is 7.60 Å². The lowest BCUT2D eigenvalue weighted by Gasteiger charge is -2.37. The van der Waals surface area contributed by atoms with Crippen LogP contribution in [0.4, 0.5) is 0 Å². The molecule has 14 heteroatoms. The van der Waals surface area contributed by atoms with Crippen LogP contribution in [0.3, 0.4) is 0 Å². The quantitative estimate of drug-likeness (QED) is 0.297. The highest BCUT2D eigenvalue weighted by molar-refractivity contribution is 7.53. The van der Waals surface area contributed by atoms with Crippen LogP contribution < -0.4 is 10.2 Å². The van der Waals surface area contributed by atoms with Gasteiger partial charge in [0.1, 0.15) is 18.5 Å². The molecule has 0 spiro atoms.